The lowest BCUT2D eigenvalue weighted by atomic mass is 9.73. The fraction of sp³-hybridized carbons (Fsp3) is 0.417. The van der Waals surface area contributed by atoms with Crippen LogP contribution in [0.3, 0.4) is 0 Å². The highest BCUT2D eigenvalue weighted by Gasteiger charge is 2.46. The molecule has 1 aliphatic carbocycles. The van der Waals surface area contributed by atoms with Gasteiger partial charge in [-0.05, 0) is 53.3 Å². The average Bonchev–Trinajstić information content (AvgIpc) is 2.98. The first-order chi connectivity index (χ1) is 12.7. The second kappa shape index (κ2) is 8.63. The second-order valence-electron chi connectivity index (χ2n) is 8.12. The Kier molecular flexibility index (Phi) is 6.66. The van der Waals surface area contributed by atoms with Gasteiger partial charge in [0.2, 0.25) is 0 Å². The van der Waals surface area contributed by atoms with Gasteiger partial charge in [0.05, 0.1) is 19.6 Å². The lowest BCUT2D eigenvalue weighted by Gasteiger charge is -2.35. The Bertz CT molecular complexity index is 806. The van der Waals surface area contributed by atoms with Crippen LogP contribution in [0, 0.1) is 5.92 Å². The summed E-state index contributed by atoms with van der Waals surface area (Å²) in [7, 11) is 0. The van der Waals surface area contributed by atoms with Crippen LogP contribution >= 0.6 is 15.9 Å². The van der Waals surface area contributed by atoms with E-state index in [1.165, 1.54) is 64.7 Å². The zero-order valence-electron chi connectivity index (χ0n) is 16.3. The molecule has 3 heteroatoms. The third-order valence-electron chi connectivity index (χ3n) is 6.26. The largest absolute Gasteiger partial charge is 1.00 e. The van der Waals surface area contributed by atoms with Crippen LogP contribution in [-0.4, -0.2) is 30.7 Å². The molecule has 2 aromatic carbocycles. The van der Waals surface area contributed by atoms with E-state index in [1.807, 2.05) is 0 Å². The van der Waals surface area contributed by atoms with Gasteiger partial charge in [-0.2, -0.15) is 0 Å². The summed E-state index contributed by atoms with van der Waals surface area (Å²) in [6.45, 7) is 9.83. The summed E-state index contributed by atoms with van der Waals surface area (Å²) in [5.41, 5.74) is 6.06. The van der Waals surface area contributed by atoms with Crippen molar-refractivity contribution in [2.75, 3.05) is 26.2 Å². The summed E-state index contributed by atoms with van der Waals surface area (Å²) in [5.74, 6) is 1.12. The summed E-state index contributed by atoms with van der Waals surface area (Å²) >= 11 is 3.71. The highest BCUT2D eigenvalue weighted by molar-refractivity contribution is 9.10. The first-order valence-corrected chi connectivity index (χ1v) is 10.8. The molecule has 1 heterocycles. The van der Waals surface area contributed by atoms with Gasteiger partial charge in [-0.1, -0.05) is 66.2 Å². The quantitative estimate of drug-likeness (QED) is 0.564. The van der Waals surface area contributed by atoms with Crippen molar-refractivity contribution in [3.63, 3.8) is 0 Å². The predicted octanol–water partition coefficient (Wildman–Crippen LogP) is 3.25. The van der Waals surface area contributed by atoms with E-state index >= 15 is 0 Å². The maximum atomic E-state index is 3.71. The molecule has 0 N–H and O–H groups in total. The first kappa shape index (κ1) is 20.8. The minimum atomic E-state index is 0. The Labute approximate surface area is 183 Å². The number of nitrogens with zero attached hydrogens (tertiary/aromatic N) is 1. The molecule has 1 aliphatic heterocycles. The number of halogens is 2. The van der Waals surface area contributed by atoms with Gasteiger partial charge in [-0.25, -0.2) is 0 Å². The van der Waals surface area contributed by atoms with Gasteiger partial charge in [-0.15, -0.1) is 0 Å². The van der Waals surface area contributed by atoms with Gasteiger partial charge >= 0.3 is 0 Å². The van der Waals surface area contributed by atoms with E-state index in [0.717, 1.165) is 0 Å². The number of hydrogen-bond donors (Lipinski definition) is 0. The topological polar surface area (TPSA) is 0 Å². The molecule has 2 aromatic rings. The van der Waals surface area contributed by atoms with E-state index < -0.39 is 0 Å². The number of benzene rings is 2. The third kappa shape index (κ3) is 3.97. The highest BCUT2D eigenvalue weighted by atomic mass is 79.9. The van der Waals surface area contributed by atoms with Gasteiger partial charge in [0, 0.05) is 16.3 Å². The Morgan fingerprint density at radius 2 is 1.70 bits per heavy atom. The van der Waals surface area contributed by atoms with Crippen LogP contribution in [-0.2, 0) is 0 Å². The Balaban J connectivity index is 0.00000210. The highest BCUT2D eigenvalue weighted by Crippen LogP contribution is 2.48. The monoisotopic (exact) mass is 489 g/mol. The number of rotatable bonds is 5. The molecule has 1 nitrogen and oxygen atoms in total. The van der Waals surface area contributed by atoms with Gasteiger partial charge in [-0.3, -0.25) is 0 Å². The third-order valence-corrected chi connectivity index (χ3v) is 6.75. The summed E-state index contributed by atoms with van der Waals surface area (Å²) in [6.07, 6.45) is 5.06. The standard InChI is InChI=1S/C24H29BrN.BrH/c1-3-12-26(13-4-2)16-20-14-19-10-11-21(25)15-22(19)24(23(20)17-26)18-8-6-5-7-9-18;/h5-11,14-15,23-24H,3-4,12-13,16-17H2,1-2H3;1H/q+1;/p-1. The molecule has 144 valence electrons. The molecule has 0 aromatic heterocycles. The van der Waals surface area contributed by atoms with Crippen molar-refractivity contribution in [1.82, 2.24) is 0 Å². The number of hydrogen-bond acceptors (Lipinski definition) is 0. The lowest BCUT2D eigenvalue weighted by molar-refractivity contribution is -0.916. The summed E-state index contributed by atoms with van der Waals surface area (Å²) in [5, 5.41) is 0. The first-order valence-electron chi connectivity index (χ1n) is 10.1. The molecule has 27 heavy (non-hydrogen) atoms. The van der Waals surface area contributed by atoms with Crippen LogP contribution in [0.5, 0.6) is 0 Å². The molecule has 0 amide bonds. The summed E-state index contributed by atoms with van der Waals surface area (Å²) in [6, 6.07) is 18.0. The molecule has 1 saturated heterocycles. The zero-order valence-corrected chi connectivity index (χ0v) is 19.5. The maximum Gasteiger partial charge on any atom is 0.101 e. The van der Waals surface area contributed by atoms with E-state index in [-0.39, 0.29) is 17.0 Å². The molecule has 4 rings (SSSR count). The molecule has 2 atom stereocenters. The van der Waals surface area contributed by atoms with Crippen molar-refractivity contribution in [2.45, 2.75) is 32.6 Å². The Morgan fingerprint density at radius 3 is 2.37 bits per heavy atom. The van der Waals surface area contributed by atoms with Crippen molar-refractivity contribution in [3.05, 3.63) is 75.3 Å². The zero-order chi connectivity index (χ0) is 18.1. The molecular formula is C24H29Br2N. The van der Waals surface area contributed by atoms with Crippen molar-refractivity contribution >= 4 is 22.0 Å². The van der Waals surface area contributed by atoms with Crippen LogP contribution in [0.25, 0.3) is 6.08 Å². The van der Waals surface area contributed by atoms with Gasteiger partial charge in [0.1, 0.15) is 6.54 Å². The van der Waals surface area contributed by atoms with Gasteiger partial charge < -0.3 is 21.5 Å². The second-order valence-corrected chi connectivity index (χ2v) is 9.03. The average molecular weight is 491 g/mol. The van der Waals surface area contributed by atoms with Crippen LogP contribution in [0.2, 0.25) is 0 Å². The predicted molar refractivity (Wildman–Crippen MR) is 114 cm³/mol. The maximum absolute atomic E-state index is 3.71. The normalized spacial score (nSPS) is 22.4. The van der Waals surface area contributed by atoms with E-state index in [1.54, 1.807) is 5.57 Å². The lowest BCUT2D eigenvalue weighted by Crippen LogP contribution is -3.00. The van der Waals surface area contributed by atoms with Crippen LogP contribution in [0.1, 0.15) is 49.3 Å². The smallest absolute Gasteiger partial charge is 0.101 e. The summed E-state index contributed by atoms with van der Waals surface area (Å²) in [4.78, 5) is 0. The van der Waals surface area contributed by atoms with Crippen LogP contribution in [0.15, 0.2) is 58.6 Å². The van der Waals surface area contributed by atoms with E-state index in [9.17, 15) is 0 Å². The minimum absolute atomic E-state index is 0. The molecule has 0 bridgehead atoms. The SMILES string of the molecule is CCC[N+]1(CCC)CC2=Cc3ccc(Br)cc3C(c3ccccc3)C2C1.[Br-]. The van der Waals surface area contributed by atoms with E-state index in [4.69, 9.17) is 0 Å². The molecular weight excluding hydrogens is 462 g/mol. The summed E-state index contributed by atoms with van der Waals surface area (Å²) < 4.78 is 2.47. The number of likely N-dealkylation sites (tertiary alicyclic amines) is 1. The Hall–Kier alpha value is -0.900. The van der Waals surface area contributed by atoms with E-state index in [2.05, 4.69) is 84.4 Å². The number of fused-ring (bicyclic) bond motifs is 2. The molecule has 0 radical (unpaired) electrons. The van der Waals surface area contributed by atoms with Crippen molar-refractivity contribution in [1.29, 1.82) is 0 Å². The Morgan fingerprint density at radius 1 is 1.00 bits per heavy atom. The van der Waals surface area contributed by atoms with Crippen molar-refractivity contribution in [2.24, 2.45) is 5.92 Å². The fourth-order valence-corrected chi connectivity index (χ4v) is 5.79. The van der Waals surface area contributed by atoms with E-state index in [0.29, 0.717) is 11.8 Å². The van der Waals surface area contributed by atoms with Crippen molar-refractivity contribution in [3.8, 4) is 0 Å². The van der Waals surface area contributed by atoms with Crippen LogP contribution < -0.4 is 17.0 Å². The fourth-order valence-electron chi connectivity index (χ4n) is 5.41. The van der Waals surface area contributed by atoms with Crippen molar-refractivity contribution < 1.29 is 21.5 Å². The molecule has 1 fully saturated rings. The molecule has 2 aliphatic rings. The molecule has 0 saturated carbocycles. The molecule has 2 unspecified atom stereocenters. The minimum Gasteiger partial charge on any atom is -1.00 e. The number of quaternary nitrogens is 1. The van der Waals surface area contributed by atoms with Crippen LogP contribution in [0.4, 0.5) is 0 Å². The van der Waals surface area contributed by atoms with Gasteiger partial charge in [0.15, 0.2) is 0 Å². The molecule has 0 spiro atoms. The van der Waals surface area contributed by atoms with Gasteiger partial charge in [0.25, 0.3) is 0 Å².